The lowest BCUT2D eigenvalue weighted by atomic mass is 9.76. The van der Waals surface area contributed by atoms with Gasteiger partial charge in [-0.05, 0) is 65.9 Å². The number of hydrogen-bond donors (Lipinski definition) is 2. The predicted molar refractivity (Wildman–Crippen MR) is 148 cm³/mol. The monoisotopic (exact) mass is 571 g/mol. The molecule has 2 N–H and O–H groups in total. The number of nitrogens with zero attached hydrogens (tertiary/aromatic N) is 2. The van der Waals surface area contributed by atoms with Crippen LogP contribution in [0.2, 0.25) is 5.02 Å². The van der Waals surface area contributed by atoms with E-state index in [1.54, 1.807) is 36.0 Å². The first kappa shape index (κ1) is 29.1. The Balaban J connectivity index is 1.82. The van der Waals surface area contributed by atoms with Crippen molar-refractivity contribution in [2.75, 3.05) is 6.54 Å². The molecule has 1 heterocycles. The number of carboxylic acids is 1. The number of carboxylic acid groups (broad SMARTS) is 1. The summed E-state index contributed by atoms with van der Waals surface area (Å²) in [6.07, 6.45) is -3.17. The molecule has 40 heavy (non-hydrogen) atoms. The first-order valence-corrected chi connectivity index (χ1v) is 13.3. The Kier molecular flexibility index (Phi) is 8.83. The molecule has 1 amide bonds. The second-order valence-electron chi connectivity index (χ2n) is 9.68. The second-order valence-corrected chi connectivity index (χ2v) is 10.1. The fourth-order valence-corrected chi connectivity index (χ4v) is 5.24. The smallest absolute Gasteiger partial charge is 0.416 e. The van der Waals surface area contributed by atoms with Gasteiger partial charge in [-0.15, -0.1) is 0 Å². The molecular formula is C30H29ClF3N3O3. The Morgan fingerprint density at radius 1 is 1.02 bits per heavy atom. The summed E-state index contributed by atoms with van der Waals surface area (Å²) in [4.78, 5) is 23.2. The van der Waals surface area contributed by atoms with Crippen LogP contribution in [0.5, 0.6) is 0 Å². The van der Waals surface area contributed by atoms with Crippen molar-refractivity contribution in [2.45, 2.75) is 44.2 Å². The average Bonchev–Trinajstić information content (AvgIpc) is 3.23. The minimum atomic E-state index is -4.50. The van der Waals surface area contributed by atoms with E-state index in [9.17, 15) is 22.8 Å². The quantitative estimate of drug-likeness (QED) is 0.211. The van der Waals surface area contributed by atoms with Gasteiger partial charge in [0.2, 0.25) is 0 Å². The molecule has 1 aromatic heterocycles. The van der Waals surface area contributed by atoms with Gasteiger partial charge >= 0.3 is 12.1 Å². The summed E-state index contributed by atoms with van der Waals surface area (Å²) < 4.78 is 42.7. The molecule has 10 heteroatoms. The van der Waals surface area contributed by atoms with E-state index in [4.69, 9.17) is 16.7 Å². The number of carbonyl (C=O) groups excluding carboxylic acids is 1. The van der Waals surface area contributed by atoms with Gasteiger partial charge in [0.25, 0.3) is 5.91 Å². The molecule has 210 valence electrons. The molecule has 0 aliphatic heterocycles. The molecular weight excluding hydrogens is 543 g/mol. The van der Waals surface area contributed by atoms with Gasteiger partial charge in [0, 0.05) is 35.5 Å². The molecule has 0 aliphatic rings. The maximum Gasteiger partial charge on any atom is 0.416 e. The number of halogens is 4. The predicted octanol–water partition coefficient (Wildman–Crippen LogP) is 7.17. The van der Waals surface area contributed by atoms with Gasteiger partial charge in [0.1, 0.15) is 0 Å². The largest absolute Gasteiger partial charge is 0.481 e. The summed E-state index contributed by atoms with van der Waals surface area (Å²) in [5.41, 5.74) is 2.54. The van der Waals surface area contributed by atoms with Crippen molar-refractivity contribution in [3.63, 3.8) is 0 Å². The van der Waals surface area contributed by atoms with Gasteiger partial charge in [-0.3, -0.25) is 14.3 Å². The zero-order valence-corrected chi connectivity index (χ0v) is 22.8. The molecule has 3 aromatic carbocycles. The molecule has 0 saturated carbocycles. The standard InChI is InChI=1S/C30H29ClF3N3O3/c1-3-4-23(18-5-7-20(8-6-18)29(40)35-16-15-26(38)39)27(19-9-12-22(31)13-10-19)28-24-17-21(30(32,33)34)11-14-25(24)36-37(28)2/h5-14,17,23,27H,3-4,15-16H2,1-2H3,(H,35,40)(H,38,39). The van der Waals surface area contributed by atoms with Gasteiger partial charge in [0.05, 0.1) is 23.2 Å². The topological polar surface area (TPSA) is 84.2 Å². The summed E-state index contributed by atoms with van der Waals surface area (Å²) in [6.45, 7) is 2.06. The van der Waals surface area contributed by atoms with E-state index in [0.717, 1.165) is 29.7 Å². The number of aromatic nitrogens is 2. The van der Waals surface area contributed by atoms with Gasteiger partial charge in [-0.25, -0.2) is 0 Å². The van der Waals surface area contributed by atoms with Crippen molar-refractivity contribution in [3.8, 4) is 0 Å². The molecule has 0 bridgehead atoms. The third kappa shape index (κ3) is 6.47. The first-order chi connectivity index (χ1) is 19.0. The van der Waals surface area contributed by atoms with Gasteiger partial charge in [-0.1, -0.05) is 49.2 Å². The van der Waals surface area contributed by atoms with Crippen LogP contribution >= 0.6 is 11.6 Å². The van der Waals surface area contributed by atoms with Crippen molar-refractivity contribution in [1.29, 1.82) is 0 Å². The summed E-state index contributed by atoms with van der Waals surface area (Å²) in [7, 11) is 1.74. The highest BCUT2D eigenvalue weighted by molar-refractivity contribution is 6.30. The molecule has 4 rings (SSSR count). The Hall–Kier alpha value is -3.85. The molecule has 0 aliphatic carbocycles. The zero-order valence-electron chi connectivity index (χ0n) is 22.0. The van der Waals surface area contributed by atoms with Crippen LogP contribution in [0.15, 0.2) is 66.7 Å². The van der Waals surface area contributed by atoms with E-state index in [-0.39, 0.29) is 30.7 Å². The number of amides is 1. The lowest BCUT2D eigenvalue weighted by molar-refractivity contribution is -0.138. The molecule has 2 unspecified atom stereocenters. The highest BCUT2D eigenvalue weighted by atomic mass is 35.5. The van der Waals surface area contributed by atoms with Crippen LogP contribution in [0.25, 0.3) is 10.9 Å². The number of aliphatic carboxylic acids is 1. The van der Waals surface area contributed by atoms with Crippen LogP contribution in [0.4, 0.5) is 13.2 Å². The van der Waals surface area contributed by atoms with Crippen LogP contribution in [0.3, 0.4) is 0 Å². The zero-order chi connectivity index (χ0) is 29.0. The lowest BCUT2D eigenvalue weighted by Gasteiger charge is -2.29. The van der Waals surface area contributed by atoms with E-state index in [1.807, 2.05) is 31.2 Å². The lowest BCUT2D eigenvalue weighted by Crippen LogP contribution is -2.26. The van der Waals surface area contributed by atoms with E-state index >= 15 is 0 Å². The van der Waals surface area contributed by atoms with E-state index in [2.05, 4.69) is 10.4 Å². The van der Waals surface area contributed by atoms with Crippen LogP contribution in [-0.2, 0) is 18.0 Å². The number of rotatable bonds is 10. The van der Waals surface area contributed by atoms with Crippen molar-refractivity contribution < 1.29 is 27.9 Å². The van der Waals surface area contributed by atoms with Crippen molar-refractivity contribution in [1.82, 2.24) is 15.1 Å². The molecule has 0 fully saturated rings. The van der Waals surface area contributed by atoms with Crippen molar-refractivity contribution >= 4 is 34.4 Å². The molecule has 6 nitrogen and oxygen atoms in total. The normalized spacial score (nSPS) is 13.2. The van der Waals surface area contributed by atoms with Gasteiger partial charge in [0.15, 0.2) is 0 Å². The van der Waals surface area contributed by atoms with E-state index < -0.39 is 17.7 Å². The Morgan fingerprint density at radius 3 is 2.27 bits per heavy atom. The Morgan fingerprint density at radius 2 is 1.68 bits per heavy atom. The highest BCUT2D eigenvalue weighted by Crippen LogP contribution is 2.44. The molecule has 0 radical (unpaired) electrons. The molecule has 2 atom stereocenters. The minimum Gasteiger partial charge on any atom is -0.481 e. The Bertz CT molecular complexity index is 1500. The van der Waals surface area contributed by atoms with Crippen molar-refractivity contribution in [2.24, 2.45) is 7.05 Å². The fraction of sp³-hybridized carbons (Fsp3) is 0.300. The highest BCUT2D eigenvalue weighted by Gasteiger charge is 2.34. The first-order valence-electron chi connectivity index (χ1n) is 12.9. The van der Waals surface area contributed by atoms with Gasteiger partial charge < -0.3 is 10.4 Å². The summed E-state index contributed by atoms with van der Waals surface area (Å²) in [5, 5.41) is 16.9. The maximum absolute atomic E-state index is 13.7. The number of carbonyl (C=O) groups is 2. The summed E-state index contributed by atoms with van der Waals surface area (Å²) in [5.74, 6) is -1.92. The number of aryl methyl sites for hydroxylation is 1. The Labute approximate surface area is 234 Å². The van der Waals surface area contributed by atoms with Crippen LogP contribution in [-0.4, -0.2) is 33.3 Å². The average molecular weight is 572 g/mol. The number of nitrogens with one attached hydrogen (secondary N) is 1. The number of fused-ring (bicyclic) bond motifs is 1. The van der Waals surface area contributed by atoms with E-state index in [1.165, 1.54) is 6.07 Å². The second kappa shape index (κ2) is 12.1. The van der Waals surface area contributed by atoms with Gasteiger partial charge in [-0.2, -0.15) is 18.3 Å². The minimum absolute atomic E-state index is 0.0144. The van der Waals surface area contributed by atoms with Crippen LogP contribution in [0.1, 0.15) is 70.8 Å². The number of alkyl halides is 3. The van der Waals surface area contributed by atoms with E-state index in [0.29, 0.717) is 33.6 Å². The fourth-order valence-electron chi connectivity index (χ4n) is 5.12. The summed E-state index contributed by atoms with van der Waals surface area (Å²) >= 11 is 6.18. The maximum atomic E-state index is 13.7. The third-order valence-corrected chi connectivity index (χ3v) is 7.21. The third-order valence-electron chi connectivity index (χ3n) is 6.96. The van der Waals surface area contributed by atoms with Crippen molar-refractivity contribution in [3.05, 3.63) is 99.7 Å². The SMILES string of the molecule is CCCC(c1ccc(C(=O)NCCC(=O)O)cc1)C(c1ccc(Cl)cc1)c1c2cc(C(F)(F)F)ccc2nn1C. The number of hydrogen-bond acceptors (Lipinski definition) is 3. The molecule has 0 spiro atoms. The number of benzene rings is 3. The summed E-state index contributed by atoms with van der Waals surface area (Å²) in [6, 6.07) is 17.9. The van der Waals surface area contributed by atoms with Crippen LogP contribution < -0.4 is 5.32 Å². The molecule has 0 saturated heterocycles. The van der Waals surface area contributed by atoms with Crippen LogP contribution in [0, 0.1) is 0 Å². The molecule has 4 aromatic rings.